The van der Waals surface area contributed by atoms with Gasteiger partial charge in [-0.25, -0.2) is 0 Å². The summed E-state index contributed by atoms with van der Waals surface area (Å²) < 4.78 is 0. The van der Waals surface area contributed by atoms with Crippen molar-refractivity contribution in [3.8, 4) is 0 Å². The summed E-state index contributed by atoms with van der Waals surface area (Å²) in [5.74, 6) is -0.279. The minimum absolute atomic E-state index is 0.279. The first-order valence-corrected chi connectivity index (χ1v) is 6.77. The van der Waals surface area contributed by atoms with Crippen LogP contribution in [-0.2, 0) is 0 Å². The summed E-state index contributed by atoms with van der Waals surface area (Å²) >= 11 is 11.7. The van der Waals surface area contributed by atoms with Crippen LogP contribution in [0.4, 0.5) is 11.4 Å². The number of anilines is 2. The first-order valence-electron chi connectivity index (χ1n) is 6.01. The molecule has 0 aliphatic heterocycles. The Bertz CT molecular complexity index is 684. The minimum Gasteiger partial charge on any atom is -0.397 e. The lowest BCUT2D eigenvalue weighted by Crippen LogP contribution is -2.13. The van der Waals surface area contributed by atoms with Gasteiger partial charge in [-0.15, -0.1) is 0 Å². The lowest BCUT2D eigenvalue weighted by Gasteiger charge is -2.11. The van der Waals surface area contributed by atoms with Gasteiger partial charge in [-0.3, -0.25) is 4.79 Å². The maximum atomic E-state index is 12.2. The third-order valence-electron chi connectivity index (χ3n) is 3.10. The molecule has 0 bridgehead atoms. The molecule has 104 valence electrons. The number of nitrogens with two attached hydrogens (primary N) is 1. The van der Waals surface area contributed by atoms with Gasteiger partial charge >= 0.3 is 0 Å². The Labute approximate surface area is 127 Å². The Morgan fingerprint density at radius 3 is 2.35 bits per heavy atom. The van der Waals surface area contributed by atoms with Gasteiger partial charge in [0.15, 0.2) is 0 Å². The van der Waals surface area contributed by atoms with Crippen molar-refractivity contribution >= 4 is 40.5 Å². The zero-order chi connectivity index (χ0) is 14.9. The highest BCUT2D eigenvalue weighted by atomic mass is 35.5. The van der Waals surface area contributed by atoms with Crippen molar-refractivity contribution in [1.82, 2.24) is 0 Å². The van der Waals surface area contributed by atoms with Crippen LogP contribution in [0.15, 0.2) is 30.3 Å². The van der Waals surface area contributed by atoms with Crippen LogP contribution < -0.4 is 11.1 Å². The van der Waals surface area contributed by atoms with Gasteiger partial charge in [-0.2, -0.15) is 0 Å². The first-order chi connectivity index (χ1) is 9.38. The van der Waals surface area contributed by atoms with E-state index in [1.807, 2.05) is 26.0 Å². The SMILES string of the molecule is Cc1cc(N)c(NC(=O)c2ccc(Cl)c(Cl)c2)cc1C. The molecule has 0 heterocycles. The van der Waals surface area contributed by atoms with Crippen LogP contribution in [-0.4, -0.2) is 5.91 Å². The van der Waals surface area contributed by atoms with E-state index in [4.69, 9.17) is 28.9 Å². The average Bonchev–Trinajstić information content (AvgIpc) is 2.39. The van der Waals surface area contributed by atoms with Crippen molar-refractivity contribution in [3.05, 3.63) is 57.1 Å². The molecule has 2 aromatic carbocycles. The standard InChI is InChI=1S/C15H14Cl2N2O/c1-8-5-13(18)14(6-9(8)2)19-15(20)10-3-4-11(16)12(17)7-10/h3-7H,18H2,1-2H3,(H,19,20). The van der Waals surface area contributed by atoms with Crippen LogP contribution in [0.5, 0.6) is 0 Å². The Balaban J connectivity index is 2.27. The maximum absolute atomic E-state index is 12.2. The fourth-order valence-electron chi connectivity index (χ4n) is 1.78. The number of hydrogen-bond acceptors (Lipinski definition) is 2. The van der Waals surface area contributed by atoms with Gasteiger partial charge in [0.1, 0.15) is 0 Å². The molecule has 2 aromatic rings. The fourth-order valence-corrected chi connectivity index (χ4v) is 2.08. The van der Waals surface area contributed by atoms with E-state index in [1.54, 1.807) is 12.1 Å². The summed E-state index contributed by atoms with van der Waals surface area (Å²) in [7, 11) is 0. The number of hydrogen-bond donors (Lipinski definition) is 2. The van der Waals surface area contributed by atoms with E-state index in [0.29, 0.717) is 27.0 Å². The Morgan fingerprint density at radius 2 is 1.70 bits per heavy atom. The van der Waals surface area contributed by atoms with E-state index >= 15 is 0 Å². The number of carbonyl (C=O) groups excluding carboxylic acids is 1. The highest BCUT2D eigenvalue weighted by Crippen LogP contribution is 2.25. The number of rotatable bonds is 2. The molecule has 0 spiro atoms. The van der Waals surface area contributed by atoms with E-state index in [0.717, 1.165) is 11.1 Å². The summed E-state index contributed by atoms with van der Waals surface area (Å²) in [5, 5.41) is 3.53. The number of amides is 1. The van der Waals surface area contributed by atoms with E-state index in [1.165, 1.54) is 6.07 Å². The molecular weight excluding hydrogens is 295 g/mol. The van der Waals surface area contributed by atoms with Gasteiger partial charge in [0.05, 0.1) is 21.4 Å². The van der Waals surface area contributed by atoms with Crippen molar-refractivity contribution in [3.63, 3.8) is 0 Å². The van der Waals surface area contributed by atoms with Gasteiger partial charge in [0, 0.05) is 5.56 Å². The lowest BCUT2D eigenvalue weighted by molar-refractivity contribution is 0.102. The monoisotopic (exact) mass is 308 g/mol. The second kappa shape index (κ2) is 5.73. The molecule has 1 amide bonds. The predicted octanol–water partition coefficient (Wildman–Crippen LogP) is 4.44. The molecular formula is C15H14Cl2N2O. The Hall–Kier alpha value is -1.71. The van der Waals surface area contributed by atoms with Gasteiger partial charge in [0.2, 0.25) is 0 Å². The fraction of sp³-hybridized carbons (Fsp3) is 0.133. The molecule has 0 saturated carbocycles. The highest BCUT2D eigenvalue weighted by Gasteiger charge is 2.11. The largest absolute Gasteiger partial charge is 0.397 e. The van der Waals surface area contributed by atoms with Crippen molar-refractivity contribution in [2.75, 3.05) is 11.1 Å². The van der Waals surface area contributed by atoms with Crippen molar-refractivity contribution in [1.29, 1.82) is 0 Å². The molecule has 0 aliphatic carbocycles. The van der Waals surface area contributed by atoms with Gasteiger partial charge in [-0.05, 0) is 55.3 Å². The molecule has 2 rings (SSSR count). The Morgan fingerprint density at radius 1 is 1.05 bits per heavy atom. The van der Waals surface area contributed by atoms with Crippen molar-refractivity contribution in [2.24, 2.45) is 0 Å². The molecule has 0 fully saturated rings. The average molecular weight is 309 g/mol. The highest BCUT2D eigenvalue weighted by molar-refractivity contribution is 6.42. The number of carbonyl (C=O) groups is 1. The van der Waals surface area contributed by atoms with Crippen LogP contribution in [0.25, 0.3) is 0 Å². The van der Waals surface area contributed by atoms with Crippen LogP contribution in [0.2, 0.25) is 10.0 Å². The number of aryl methyl sites for hydroxylation is 2. The number of halogens is 2. The lowest BCUT2D eigenvalue weighted by atomic mass is 10.1. The summed E-state index contributed by atoms with van der Waals surface area (Å²) in [6.07, 6.45) is 0. The van der Waals surface area contributed by atoms with Crippen molar-refractivity contribution < 1.29 is 4.79 Å². The molecule has 0 radical (unpaired) electrons. The Kier molecular flexibility index (Phi) is 4.21. The predicted molar refractivity (Wildman–Crippen MR) is 84.7 cm³/mol. The summed E-state index contributed by atoms with van der Waals surface area (Å²) in [6, 6.07) is 8.40. The van der Waals surface area contributed by atoms with Crippen molar-refractivity contribution in [2.45, 2.75) is 13.8 Å². The van der Waals surface area contributed by atoms with Gasteiger partial charge < -0.3 is 11.1 Å². The summed E-state index contributed by atoms with van der Waals surface area (Å²) in [5.41, 5.74) is 9.59. The molecule has 0 unspecified atom stereocenters. The van der Waals surface area contributed by atoms with Crippen LogP contribution >= 0.6 is 23.2 Å². The van der Waals surface area contributed by atoms with E-state index in [9.17, 15) is 4.79 Å². The van der Waals surface area contributed by atoms with Gasteiger partial charge in [0.25, 0.3) is 5.91 Å². The number of benzene rings is 2. The van der Waals surface area contributed by atoms with Gasteiger partial charge in [-0.1, -0.05) is 23.2 Å². The second-order valence-electron chi connectivity index (χ2n) is 4.61. The molecule has 3 nitrogen and oxygen atoms in total. The molecule has 0 aromatic heterocycles. The van der Waals surface area contributed by atoms with E-state index < -0.39 is 0 Å². The minimum atomic E-state index is -0.279. The van der Waals surface area contributed by atoms with E-state index in [2.05, 4.69) is 5.32 Å². The van der Waals surface area contributed by atoms with Crippen LogP contribution in [0, 0.1) is 13.8 Å². The summed E-state index contributed by atoms with van der Waals surface area (Å²) in [4.78, 5) is 12.2. The topological polar surface area (TPSA) is 55.1 Å². The quantitative estimate of drug-likeness (QED) is 0.806. The smallest absolute Gasteiger partial charge is 0.255 e. The molecule has 20 heavy (non-hydrogen) atoms. The summed E-state index contributed by atoms with van der Waals surface area (Å²) in [6.45, 7) is 3.93. The zero-order valence-electron chi connectivity index (χ0n) is 11.1. The van der Waals surface area contributed by atoms with Crippen LogP contribution in [0.3, 0.4) is 0 Å². The van der Waals surface area contributed by atoms with Crippen LogP contribution in [0.1, 0.15) is 21.5 Å². The molecule has 3 N–H and O–H groups in total. The zero-order valence-corrected chi connectivity index (χ0v) is 12.6. The molecule has 0 saturated heterocycles. The molecule has 0 aliphatic rings. The maximum Gasteiger partial charge on any atom is 0.255 e. The molecule has 5 heteroatoms. The number of nitrogens with one attached hydrogen (secondary N) is 1. The third kappa shape index (κ3) is 3.06. The normalized spacial score (nSPS) is 10.4. The molecule has 0 atom stereocenters. The first kappa shape index (κ1) is 14.7. The number of nitrogen functional groups attached to an aromatic ring is 1. The second-order valence-corrected chi connectivity index (χ2v) is 5.42. The third-order valence-corrected chi connectivity index (χ3v) is 3.83. The van der Waals surface area contributed by atoms with E-state index in [-0.39, 0.29) is 5.91 Å².